The Morgan fingerprint density at radius 1 is 1.17 bits per heavy atom. The van der Waals surface area contributed by atoms with Gasteiger partial charge in [0.2, 0.25) is 5.91 Å². The van der Waals surface area contributed by atoms with Crippen molar-refractivity contribution in [3.05, 3.63) is 29.8 Å². The Balaban J connectivity index is 1.53. The van der Waals surface area contributed by atoms with Gasteiger partial charge in [0.15, 0.2) is 0 Å². The van der Waals surface area contributed by atoms with Crippen LogP contribution in [0.4, 0.5) is 5.69 Å². The van der Waals surface area contributed by atoms with E-state index in [4.69, 9.17) is 0 Å². The molecule has 1 aromatic carbocycles. The van der Waals surface area contributed by atoms with Gasteiger partial charge in [-0.1, -0.05) is 6.92 Å². The summed E-state index contributed by atoms with van der Waals surface area (Å²) in [6.07, 6.45) is 3.09. The number of anilines is 1. The van der Waals surface area contributed by atoms with Crippen molar-refractivity contribution in [1.29, 1.82) is 0 Å². The van der Waals surface area contributed by atoms with Crippen LogP contribution in [-0.2, 0) is 4.79 Å². The lowest BCUT2D eigenvalue weighted by Crippen LogP contribution is -2.40. The summed E-state index contributed by atoms with van der Waals surface area (Å²) in [4.78, 5) is 26.5. The maximum atomic E-state index is 12.6. The SMILES string of the molecule is CNCC1CCN(C(=O)c2ccc(NC(=O)C3CC3C)cc2)CC1. The number of nitrogens with zero attached hydrogens (tertiary/aromatic N) is 1. The molecular formula is C19H27N3O2. The summed E-state index contributed by atoms with van der Waals surface area (Å²) in [5, 5.41) is 6.14. The first-order valence-electron chi connectivity index (χ1n) is 8.93. The van der Waals surface area contributed by atoms with Crippen LogP contribution in [0.15, 0.2) is 24.3 Å². The van der Waals surface area contributed by atoms with E-state index in [0.29, 0.717) is 17.4 Å². The molecule has 1 saturated heterocycles. The van der Waals surface area contributed by atoms with Gasteiger partial charge in [0.25, 0.3) is 5.91 Å². The van der Waals surface area contributed by atoms with Gasteiger partial charge < -0.3 is 15.5 Å². The molecule has 2 N–H and O–H groups in total. The molecule has 5 heteroatoms. The second kappa shape index (κ2) is 7.34. The molecule has 0 spiro atoms. The van der Waals surface area contributed by atoms with Crippen LogP contribution in [-0.4, -0.2) is 43.4 Å². The summed E-state index contributed by atoms with van der Waals surface area (Å²) in [6.45, 7) is 4.76. The largest absolute Gasteiger partial charge is 0.339 e. The Bertz CT molecular complexity index is 591. The molecule has 2 fully saturated rings. The van der Waals surface area contributed by atoms with Crippen LogP contribution >= 0.6 is 0 Å². The normalized spacial score (nSPS) is 23.8. The first kappa shape index (κ1) is 17.0. The van der Waals surface area contributed by atoms with E-state index in [2.05, 4.69) is 17.6 Å². The fraction of sp³-hybridized carbons (Fsp3) is 0.579. The van der Waals surface area contributed by atoms with Crippen molar-refractivity contribution in [2.75, 3.05) is 32.0 Å². The maximum Gasteiger partial charge on any atom is 0.253 e. The van der Waals surface area contributed by atoms with E-state index in [0.717, 1.165) is 44.6 Å². The van der Waals surface area contributed by atoms with Crippen LogP contribution < -0.4 is 10.6 Å². The Morgan fingerprint density at radius 2 is 1.79 bits per heavy atom. The van der Waals surface area contributed by atoms with Crippen molar-refractivity contribution in [3.63, 3.8) is 0 Å². The molecule has 2 atom stereocenters. The van der Waals surface area contributed by atoms with Crippen LogP contribution in [0.2, 0.25) is 0 Å². The van der Waals surface area contributed by atoms with Gasteiger partial charge >= 0.3 is 0 Å². The number of piperidine rings is 1. The monoisotopic (exact) mass is 329 g/mol. The molecule has 1 aliphatic carbocycles. The van der Waals surface area contributed by atoms with Crippen LogP contribution in [0.5, 0.6) is 0 Å². The summed E-state index contributed by atoms with van der Waals surface area (Å²) in [6, 6.07) is 7.28. The quantitative estimate of drug-likeness (QED) is 0.872. The van der Waals surface area contributed by atoms with E-state index in [1.165, 1.54) is 0 Å². The minimum absolute atomic E-state index is 0.0894. The van der Waals surface area contributed by atoms with Gasteiger partial charge in [-0.3, -0.25) is 9.59 Å². The minimum atomic E-state index is 0.0894. The fourth-order valence-corrected chi connectivity index (χ4v) is 3.43. The third-order valence-corrected chi connectivity index (χ3v) is 5.24. The number of likely N-dealkylation sites (tertiary alicyclic amines) is 1. The van der Waals surface area contributed by atoms with Crippen molar-refractivity contribution in [2.24, 2.45) is 17.8 Å². The Morgan fingerprint density at radius 3 is 2.33 bits per heavy atom. The third kappa shape index (κ3) is 3.96. The topological polar surface area (TPSA) is 61.4 Å². The molecule has 0 aromatic heterocycles. The lowest BCUT2D eigenvalue weighted by molar-refractivity contribution is -0.117. The van der Waals surface area contributed by atoms with E-state index < -0.39 is 0 Å². The second-order valence-corrected chi connectivity index (χ2v) is 7.18. The smallest absolute Gasteiger partial charge is 0.253 e. The van der Waals surface area contributed by atoms with Crippen LogP contribution in [0.1, 0.15) is 36.5 Å². The van der Waals surface area contributed by atoms with E-state index >= 15 is 0 Å². The highest BCUT2D eigenvalue weighted by Crippen LogP contribution is 2.38. The molecule has 0 radical (unpaired) electrons. The standard InChI is InChI=1S/C19H27N3O2/c1-13-11-17(13)18(23)21-16-5-3-15(4-6-16)19(24)22-9-7-14(8-10-22)12-20-2/h3-6,13-14,17,20H,7-12H2,1-2H3,(H,21,23). The molecule has 2 aliphatic rings. The number of hydrogen-bond acceptors (Lipinski definition) is 3. The van der Waals surface area contributed by atoms with Gasteiger partial charge in [-0.2, -0.15) is 0 Å². The molecule has 3 rings (SSSR count). The Kier molecular flexibility index (Phi) is 5.19. The van der Waals surface area contributed by atoms with Crippen molar-refractivity contribution in [1.82, 2.24) is 10.2 Å². The number of amides is 2. The zero-order valence-corrected chi connectivity index (χ0v) is 14.5. The van der Waals surface area contributed by atoms with Gasteiger partial charge in [0, 0.05) is 30.3 Å². The Hall–Kier alpha value is -1.88. The molecule has 2 amide bonds. The van der Waals surface area contributed by atoms with Gasteiger partial charge in [0.1, 0.15) is 0 Å². The number of rotatable bonds is 5. The van der Waals surface area contributed by atoms with E-state index in [1.807, 2.05) is 36.2 Å². The van der Waals surface area contributed by atoms with Crippen LogP contribution in [0, 0.1) is 17.8 Å². The second-order valence-electron chi connectivity index (χ2n) is 7.18. The third-order valence-electron chi connectivity index (χ3n) is 5.24. The molecule has 130 valence electrons. The highest BCUT2D eigenvalue weighted by Gasteiger charge is 2.39. The van der Waals surface area contributed by atoms with Crippen molar-refractivity contribution >= 4 is 17.5 Å². The lowest BCUT2D eigenvalue weighted by atomic mass is 9.96. The average molecular weight is 329 g/mol. The van der Waals surface area contributed by atoms with E-state index in [1.54, 1.807) is 0 Å². The minimum Gasteiger partial charge on any atom is -0.339 e. The van der Waals surface area contributed by atoms with Crippen molar-refractivity contribution in [3.8, 4) is 0 Å². The number of hydrogen-bond donors (Lipinski definition) is 2. The zero-order valence-electron chi connectivity index (χ0n) is 14.5. The molecule has 2 unspecified atom stereocenters. The van der Waals surface area contributed by atoms with Crippen LogP contribution in [0.3, 0.4) is 0 Å². The number of carbonyl (C=O) groups excluding carboxylic acids is 2. The number of nitrogens with one attached hydrogen (secondary N) is 2. The van der Waals surface area contributed by atoms with Gasteiger partial charge in [-0.25, -0.2) is 0 Å². The zero-order chi connectivity index (χ0) is 17.1. The molecule has 1 heterocycles. The van der Waals surface area contributed by atoms with E-state index in [-0.39, 0.29) is 17.7 Å². The average Bonchev–Trinajstić information content (AvgIpc) is 3.33. The van der Waals surface area contributed by atoms with Crippen molar-refractivity contribution in [2.45, 2.75) is 26.2 Å². The molecule has 0 bridgehead atoms. The summed E-state index contributed by atoms with van der Waals surface area (Å²) in [5.41, 5.74) is 1.46. The molecule has 1 saturated carbocycles. The lowest BCUT2D eigenvalue weighted by Gasteiger charge is -2.32. The maximum absolute atomic E-state index is 12.6. The summed E-state index contributed by atoms with van der Waals surface area (Å²) in [5.74, 6) is 1.50. The number of benzene rings is 1. The molecule has 24 heavy (non-hydrogen) atoms. The predicted molar refractivity (Wildman–Crippen MR) is 94.9 cm³/mol. The van der Waals surface area contributed by atoms with Crippen molar-refractivity contribution < 1.29 is 9.59 Å². The van der Waals surface area contributed by atoms with Crippen LogP contribution in [0.25, 0.3) is 0 Å². The highest BCUT2D eigenvalue weighted by atomic mass is 16.2. The van der Waals surface area contributed by atoms with Gasteiger partial charge in [-0.15, -0.1) is 0 Å². The molecule has 5 nitrogen and oxygen atoms in total. The summed E-state index contributed by atoms with van der Waals surface area (Å²) < 4.78 is 0. The Labute approximate surface area is 143 Å². The summed E-state index contributed by atoms with van der Waals surface area (Å²) in [7, 11) is 1.97. The van der Waals surface area contributed by atoms with E-state index in [9.17, 15) is 9.59 Å². The van der Waals surface area contributed by atoms with Gasteiger partial charge in [-0.05, 0) is 69.0 Å². The van der Waals surface area contributed by atoms with Gasteiger partial charge in [0.05, 0.1) is 0 Å². The molecule has 1 aliphatic heterocycles. The number of carbonyl (C=O) groups is 2. The predicted octanol–water partition coefficient (Wildman–Crippen LogP) is 2.35. The highest BCUT2D eigenvalue weighted by molar-refractivity contribution is 5.97. The molecular weight excluding hydrogens is 302 g/mol. The first-order chi connectivity index (χ1) is 11.6. The molecule has 1 aromatic rings. The fourth-order valence-electron chi connectivity index (χ4n) is 3.43. The summed E-state index contributed by atoms with van der Waals surface area (Å²) >= 11 is 0. The first-order valence-corrected chi connectivity index (χ1v) is 8.93.